The molecular formula is C24H31N4O3+. The van der Waals surface area contributed by atoms with Gasteiger partial charge >= 0.3 is 0 Å². The van der Waals surface area contributed by atoms with E-state index in [1.807, 2.05) is 4.90 Å². The van der Waals surface area contributed by atoms with Crippen LogP contribution in [-0.4, -0.2) is 42.6 Å². The van der Waals surface area contributed by atoms with Gasteiger partial charge in [-0.15, -0.1) is 0 Å². The molecule has 2 aliphatic rings. The summed E-state index contributed by atoms with van der Waals surface area (Å²) in [6.45, 7) is 9.41. The minimum Gasteiger partial charge on any atom is -0.459 e. The standard InChI is InChI=1S/C24H30N4O3/c1-4-5-7-20-19-16-31-24(2,3)14-17(19)18(15-25)22(26-20)27-9-11-28(12-10-27)23(29)21-8-6-13-30-21/h6,8,13H,4-5,7,9-12,14,16H2,1-3H3/p+1. The number of aromatic amines is 1. The van der Waals surface area contributed by atoms with E-state index >= 15 is 0 Å². The molecule has 0 atom stereocenters. The van der Waals surface area contributed by atoms with E-state index in [2.05, 4.69) is 36.7 Å². The minimum atomic E-state index is -0.284. The summed E-state index contributed by atoms with van der Waals surface area (Å²) < 4.78 is 11.3. The summed E-state index contributed by atoms with van der Waals surface area (Å²) in [6, 6.07) is 5.90. The number of rotatable bonds is 5. The lowest BCUT2D eigenvalue weighted by Gasteiger charge is -2.35. The Morgan fingerprint density at radius 1 is 1.26 bits per heavy atom. The Bertz CT molecular complexity index is 983. The van der Waals surface area contributed by atoms with Crippen LogP contribution in [0.15, 0.2) is 22.8 Å². The predicted octanol–water partition coefficient (Wildman–Crippen LogP) is 3.12. The molecule has 0 saturated carbocycles. The molecule has 1 amide bonds. The largest absolute Gasteiger partial charge is 0.459 e. The number of aromatic nitrogens is 1. The Morgan fingerprint density at radius 3 is 2.68 bits per heavy atom. The van der Waals surface area contributed by atoms with Gasteiger partial charge in [-0.2, -0.15) is 5.26 Å². The second-order valence-corrected chi connectivity index (χ2v) is 8.98. The summed E-state index contributed by atoms with van der Waals surface area (Å²) in [5, 5.41) is 10.1. The van der Waals surface area contributed by atoms with Crippen LogP contribution >= 0.6 is 0 Å². The highest BCUT2D eigenvalue weighted by molar-refractivity contribution is 5.91. The van der Waals surface area contributed by atoms with Crippen molar-refractivity contribution in [1.29, 1.82) is 5.26 Å². The Kier molecular flexibility index (Phi) is 6.01. The molecular weight excluding hydrogens is 392 g/mol. The fourth-order valence-corrected chi connectivity index (χ4v) is 4.48. The SMILES string of the molecule is CCCCc1[nH+]c(N2CCN(C(=O)c3ccco3)CC2)c(C#N)c2c1COC(C)(C)C2. The van der Waals surface area contributed by atoms with Gasteiger partial charge in [-0.05, 0) is 38.0 Å². The first kappa shape index (κ1) is 21.4. The van der Waals surface area contributed by atoms with Crippen LogP contribution in [-0.2, 0) is 24.2 Å². The number of amides is 1. The smallest absolute Gasteiger partial charge is 0.293 e. The number of hydrogen-bond donors (Lipinski definition) is 0. The van der Waals surface area contributed by atoms with Gasteiger partial charge in [-0.3, -0.25) is 9.69 Å². The summed E-state index contributed by atoms with van der Waals surface area (Å²) in [7, 11) is 0. The number of nitriles is 1. The lowest BCUT2D eigenvalue weighted by atomic mass is 9.87. The van der Waals surface area contributed by atoms with Crippen molar-refractivity contribution in [3.8, 4) is 6.07 Å². The van der Waals surface area contributed by atoms with E-state index in [1.165, 1.54) is 12.0 Å². The number of nitrogens with one attached hydrogen (secondary N) is 1. The van der Waals surface area contributed by atoms with Crippen molar-refractivity contribution in [3.63, 3.8) is 0 Å². The number of piperazine rings is 1. The Labute approximate surface area is 183 Å². The quantitative estimate of drug-likeness (QED) is 0.738. The average Bonchev–Trinajstić information content (AvgIpc) is 3.31. The molecule has 4 rings (SSSR count). The van der Waals surface area contributed by atoms with Crippen LogP contribution in [0.4, 0.5) is 5.82 Å². The number of H-pyrrole nitrogens is 1. The first-order valence-electron chi connectivity index (χ1n) is 11.1. The van der Waals surface area contributed by atoms with Crippen molar-refractivity contribution in [1.82, 2.24) is 4.90 Å². The molecule has 0 spiro atoms. The van der Waals surface area contributed by atoms with Crippen molar-refractivity contribution >= 4 is 11.7 Å². The summed E-state index contributed by atoms with van der Waals surface area (Å²) in [5.74, 6) is 1.17. The number of fused-ring (bicyclic) bond motifs is 1. The van der Waals surface area contributed by atoms with Gasteiger partial charge in [0.15, 0.2) is 5.76 Å². The Balaban J connectivity index is 1.62. The van der Waals surface area contributed by atoms with Crippen LogP contribution in [0.2, 0.25) is 0 Å². The third kappa shape index (κ3) is 4.31. The van der Waals surface area contributed by atoms with Gasteiger partial charge in [0.25, 0.3) is 11.7 Å². The molecule has 4 heterocycles. The number of hydrogen-bond acceptors (Lipinski definition) is 5. The van der Waals surface area contributed by atoms with Crippen molar-refractivity contribution in [2.45, 2.75) is 58.7 Å². The summed E-state index contributed by atoms with van der Waals surface area (Å²) in [4.78, 5) is 20.2. The lowest BCUT2D eigenvalue weighted by Crippen LogP contribution is -2.51. The van der Waals surface area contributed by atoms with Gasteiger partial charge < -0.3 is 14.1 Å². The first-order valence-corrected chi connectivity index (χ1v) is 11.1. The maximum absolute atomic E-state index is 12.6. The maximum atomic E-state index is 12.6. The maximum Gasteiger partial charge on any atom is 0.293 e. The van der Waals surface area contributed by atoms with Crippen molar-refractivity contribution < 1.29 is 18.9 Å². The van der Waals surface area contributed by atoms with Gasteiger partial charge in [0.1, 0.15) is 30.4 Å². The van der Waals surface area contributed by atoms with Gasteiger partial charge in [-0.1, -0.05) is 13.3 Å². The van der Waals surface area contributed by atoms with Gasteiger partial charge in [0.2, 0.25) is 0 Å². The van der Waals surface area contributed by atoms with Crippen molar-refractivity contribution in [2.24, 2.45) is 0 Å². The molecule has 7 heteroatoms. The Hall–Kier alpha value is -2.85. The van der Waals surface area contributed by atoms with Crippen LogP contribution in [0, 0.1) is 11.3 Å². The van der Waals surface area contributed by atoms with Crippen LogP contribution in [0.5, 0.6) is 0 Å². The zero-order valence-corrected chi connectivity index (χ0v) is 18.7. The fourth-order valence-electron chi connectivity index (χ4n) is 4.48. The molecule has 164 valence electrons. The molecule has 1 saturated heterocycles. The molecule has 0 bridgehead atoms. The monoisotopic (exact) mass is 423 g/mol. The number of aryl methyl sites for hydroxylation is 1. The van der Waals surface area contributed by atoms with Crippen molar-refractivity contribution in [2.75, 3.05) is 31.1 Å². The second kappa shape index (κ2) is 8.72. The molecule has 2 aromatic rings. The van der Waals surface area contributed by atoms with Crippen LogP contribution in [0.1, 0.15) is 66.6 Å². The van der Waals surface area contributed by atoms with Gasteiger partial charge in [0, 0.05) is 18.4 Å². The number of furan rings is 1. The normalized spacial score (nSPS) is 17.9. The molecule has 31 heavy (non-hydrogen) atoms. The number of nitrogens with zero attached hydrogens (tertiary/aromatic N) is 3. The van der Waals surface area contributed by atoms with Gasteiger partial charge in [-0.25, -0.2) is 4.98 Å². The molecule has 2 aromatic heterocycles. The van der Waals surface area contributed by atoms with E-state index in [1.54, 1.807) is 12.1 Å². The number of anilines is 1. The number of pyridine rings is 1. The number of unbranched alkanes of at least 4 members (excludes halogenated alkanes) is 1. The second-order valence-electron chi connectivity index (χ2n) is 8.98. The minimum absolute atomic E-state index is 0.0814. The van der Waals surface area contributed by atoms with E-state index < -0.39 is 0 Å². The zero-order valence-electron chi connectivity index (χ0n) is 18.7. The fraction of sp³-hybridized carbons (Fsp3) is 0.542. The molecule has 0 aromatic carbocycles. The molecule has 0 radical (unpaired) electrons. The van der Waals surface area contributed by atoms with Crippen LogP contribution in [0.25, 0.3) is 0 Å². The first-order chi connectivity index (χ1) is 14.9. The number of ether oxygens (including phenoxy) is 1. The third-order valence-electron chi connectivity index (χ3n) is 6.25. The zero-order chi connectivity index (χ0) is 22.0. The highest BCUT2D eigenvalue weighted by atomic mass is 16.5. The molecule has 0 unspecified atom stereocenters. The molecule has 2 aliphatic heterocycles. The van der Waals surface area contributed by atoms with Gasteiger partial charge in [0.05, 0.1) is 31.6 Å². The van der Waals surface area contributed by atoms with E-state index in [4.69, 9.17) is 9.15 Å². The lowest BCUT2D eigenvalue weighted by molar-refractivity contribution is -0.379. The van der Waals surface area contributed by atoms with Crippen molar-refractivity contribution in [3.05, 3.63) is 46.5 Å². The molecule has 7 nitrogen and oxygen atoms in total. The summed E-state index contributed by atoms with van der Waals surface area (Å²) in [5.41, 5.74) is 3.88. The third-order valence-corrected chi connectivity index (χ3v) is 6.25. The van der Waals surface area contributed by atoms with E-state index in [9.17, 15) is 10.1 Å². The number of carbonyl (C=O) groups excluding carboxylic acids is 1. The Morgan fingerprint density at radius 2 is 2.03 bits per heavy atom. The summed E-state index contributed by atoms with van der Waals surface area (Å²) >= 11 is 0. The van der Waals surface area contributed by atoms with Crippen LogP contribution in [0.3, 0.4) is 0 Å². The average molecular weight is 424 g/mol. The predicted molar refractivity (Wildman–Crippen MR) is 116 cm³/mol. The number of carbonyl (C=O) groups is 1. The van der Waals surface area contributed by atoms with E-state index in [0.29, 0.717) is 38.5 Å². The molecule has 1 fully saturated rings. The topological polar surface area (TPSA) is 83.9 Å². The van der Waals surface area contributed by atoms with Crippen LogP contribution < -0.4 is 9.88 Å². The molecule has 1 N–H and O–H groups in total. The highest BCUT2D eigenvalue weighted by Crippen LogP contribution is 2.34. The van der Waals surface area contributed by atoms with E-state index in [0.717, 1.165) is 48.2 Å². The van der Waals surface area contributed by atoms with E-state index in [-0.39, 0.29) is 11.5 Å². The molecule has 0 aliphatic carbocycles. The summed E-state index contributed by atoms with van der Waals surface area (Å²) in [6.07, 6.45) is 5.38. The highest BCUT2D eigenvalue weighted by Gasteiger charge is 2.36.